The fraction of sp³-hybridized carbons (Fsp3) is 0.355. The van der Waals surface area contributed by atoms with Crippen LogP contribution in [0.4, 0.5) is 0 Å². The van der Waals surface area contributed by atoms with Crippen molar-refractivity contribution >= 4 is 11.9 Å². The van der Waals surface area contributed by atoms with Gasteiger partial charge < -0.3 is 24.6 Å². The minimum absolute atomic E-state index is 0.0670. The number of nitrogens with one attached hydrogen (secondary N) is 1. The number of benzene rings is 3. The molecule has 4 atom stereocenters. The lowest BCUT2D eigenvalue weighted by molar-refractivity contribution is -0.143. The summed E-state index contributed by atoms with van der Waals surface area (Å²) in [7, 11) is 1.59. The van der Waals surface area contributed by atoms with Gasteiger partial charge in [-0.2, -0.15) is 0 Å². The molecule has 0 radical (unpaired) electrons. The molecule has 1 saturated heterocycles. The number of carboxylic acid groups (broad SMARTS) is 1. The molecule has 8 nitrogen and oxygen atoms in total. The monoisotopic (exact) mass is 530 g/mol. The Hall–Kier alpha value is -4.04. The molecule has 0 aromatic heterocycles. The summed E-state index contributed by atoms with van der Waals surface area (Å²) < 4.78 is 16.3. The van der Waals surface area contributed by atoms with Crippen LogP contribution in [-0.2, 0) is 9.59 Å². The van der Waals surface area contributed by atoms with E-state index in [0.29, 0.717) is 23.8 Å². The van der Waals surface area contributed by atoms with Gasteiger partial charge in [0.25, 0.3) is 0 Å². The molecule has 1 amide bonds. The number of ether oxygens (including phenoxy) is 3. The fourth-order valence-electron chi connectivity index (χ4n) is 5.77. The number of nitrogens with zero attached hydrogens (tertiary/aromatic N) is 1. The number of methoxy groups -OCH3 is 1. The third-order valence-electron chi connectivity index (χ3n) is 7.65. The van der Waals surface area contributed by atoms with Crippen molar-refractivity contribution in [3.63, 3.8) is 0 Å². The van der Waals surface area contributed by atoms with Gasteiger partial charge in [-0.05, 0) is 46.9 Å². The van der Waals surface area contributed by atoms with E-state index in [1.165, 1.54) is 0 Å². The van der Waals surface area contributed by atoms with E-state index in [2.05, 4.69) is 19.2 Å². The number of carbonyl (C=O) groups is 2. The number of likely N-dealkylation sites (tertiary alicyclic amines) is 1. The topological polar surface area (TPSA) is 97.3 Å². The average molecular weight is 531 g/mol. The van der Waals surface area contributed by atoms with E-state index in [0.717, 1.165) is 16.7 Å². The summed E-state index contributed by atoms with van der Waals surface area (Å²) in [6, 6.07) is 22.2. The van der Waals surface area contributed by atoms with Crippen molar-refractivity contribution in [2.24, 2.45) is 11.8 Å². The summed E-state index contributed by atoms with van der Waals surface area (Å²) in [6.07, 6.45) is 0. The molecule has 1 fully saturated rings. The van der Waals surface area contributed by atoms with E-state index in [9.17, 15) is 14.7 Å². The molecular formula is C31H34N2O6. The Bertz CT molecular complexity index is 1310. The van der Waals surface area contributed by atoms with E-state index in [-0.39, 0.29) is 37.1 Å². The molecule has 8 heteroatoms. The molecule has 0 aliphatic carbocycles. The maximum atomic E-state index is 13.5. The van der Waals surface area contributed by atoms with Crippen LogP contribution in [0.15, 0.2) is 72.8 Å². The first kappa shape index (κ1) is 26.6. The highest BCUT2D eigenvalue weighted by Gasteiger charge is 2.48. The van der Waals surface area contributed by atoms with Crippen LogP contribution in [0.2, 0.25) is 0 Å². The summed E-state index contributed by atoms with van der Waals surface area (Å²) in [6.45, 7) is 4.76. The predicted octanol–water partition coefficient (Wildman–Crippen LogP) is 4.78. The molecule has 5 rings (SSSR count). The average Bonchev–Trinajstić information content (AvgIpc) is 3.56. The molecule has 39 heavy (non-hydrogen) atoms. The molecule has 0 spiro atoms. The fourth-order valence-corrected chi connectivity index (χ4v) is 5.77. The van der Waals surface area contributed by atoms with Gasteiger partial charge in [0.1, 0.15) is 5.75 Å². The third-order valence-corrected chi connectivity index (χ3v) is 7.65. The smallest absolute Gasteiger partial charge is 0.309 e. The summed E-state index contributed by atoms with van der Waals surface area (Å²) in [5, 5.41) is 13.7. The maximum Gasteiger partial charge on any atom is 0.309 e. The van der Waals surface area contributed by atoms with E-state index in [1.54, 1.807) is 7.11 Å². The number of carbonyl (C=O) groups excluding carboxylic acids is 1. The minimum Gasteiger partial charge on any atom is -0.497 e. The number of amides is 1. The van der Waals surface area contributed by atoms with Gasteiger partial charge in [-0.15, -0.1) is 0 Å². The third kappa shape index (κ3) is 5.56. The highest BCUT2D eigenvalue weighted by atomic mass is 16.7. The molecule has 2 N–H and O–H groups in total. The Morgan fingerprint density at radius 1 is 1.00 bits per heavy atom. The van der Waals surface area contributed by atoms with Crippen LogP contribution >= 0.6 is 0 Å². The van der Waals surface area contributed by atoms with Crippen LogP contribution in [-0.4, -0.2) is 48.9 Å². The van der Waals surface area contributed by atoms with Gasteiger partial charge in [0.05, 0.1) is 25.6 Å². The zero-order valence-electron chi connectivity index (χ0n) is 22.4. The first-order chi connectivity index (χ1) is 18.9. The number of hydrogen-bond donors (Lipinski definition) is 2. The summed E-state index contributed by atoms with van der Waals surface area (Å²) in [4.78, 5) is 28.3. The van der Waals surface area contributed by atoms with Crippen molar-refractivity contribution in [2.75, 3.05) is 27.0 Å². The van der Waals surface area contributed by atoms with E-state index in [4.69, 9.17) is 14.2 Å². The second-order valence-corrected chi connectivity index (χ2v) is 10.4. The number of rotatable bonds is 9. The lowest BCUT2D eigenvalue weighted by Gasteiger charge is -2.29. The van der Waals surface area contributed by atoms with Crippen LogP contribution in [0.1, 0.15) is 48.5 Å². The quantitative estimate of drug-likeness (QED) is 0.411. The highest BCUT2D eigenvalue weighted by molar-refractivity contribution is 5.79. The van der Waals surface area contributed by atoms with Crippen LogP contribution in [0.5, 0.6) is 17.2 Å². The second-order valence-electron chi connectivity index (χ2n) is 10.4. The zero-order valence-corrected chi connectivity index (χ0v) is 22.4. The summed E-state index contributed by atoms with van der Waals surface area (Å²) in [5.74, 6) is -0.0715. The molecule has 1 unspecified atom stereocenters. The zero-order chi connectivity index (χ0) is 27.5. The van der Waals surface area contributed by atoms with Crippen LogP contribution in [0, 0.1) is 11.8 Å². The Morgan fingerprint density at radius 2 is 1.69 bits per heavy atom. The Labute approximate surface area is 228 Å². The van der Waals surface area contributed by atoms with E-state index < -0.39 is 17.9 Å². The van der Waals surface area contributed by atoms with Gasteiger partial charge in [-0.1, -0.05) is 62.4 Å². The van der Waals surface area contributed by atoms with E-state index in [1.807, 2.05) is 77.7 Å². The van der Waals surface area contributed by atoms with Crippen molar-refractivity contribution in [3.05, 3.63) is 89.5 Å². The second kappa shape index (κ2) is 11.4. The predicted molar refractivity (Wildman–Crippen MR) is 146 cm³/mol. The lowest BCUT2D eigenvalue weighted by Crippen LogP contribution is -2.41. The van der Waals surface area contributed by atoms with Gasteiger partial charge in [0, 0.05) is 18.5 Å². The number of hydrogen-bond acceptors (Lipinski definition) is 6. The molecular weight excluding hydrogens is 496 g/mol. The molecule has 2 aliphatic rings. The van der Waals surface area contributed by atoms with Gasteiger partial charge in [-0.3, -0.25) is 14.5 Å². The normalized spacial score (nSPS) is 21.1. The Morgan fingerprint density at radius 3 is 2.36 bits per heavy atom. The lowest BCUT2D eigenvalue weighted by atomic mass is 9.82. The summed E-state index contributed by atoms with van der Waals surface area (Å²) in [5.41, 5.74) is 2.70. The van der Waals surface area contributed by atoms with Crippen LogP contribution < -0.4 is 19.5 Å². The van der Waals surface area contributed by atoms with Gasteiger partial charge >= 0.3 is 5.97 Å². The highest BCUT2D eigenvalue weighted by Crippen LogP contribution is 2.47. The van der Waals surface area contributed by atoms with E-state index >= 15 is 0 Å². The first-order valence-corrected chi connectivity index (χ1v) is 13.2. The molecule has 2 heterocycles. The van der Waals surface area contributed by atoms with Crippen molar-refractivity contribution in [3.8, 4) is 17.2 Å². The van der Waals surface area contributed by atoms with Crippen LogP contribution in [0.3, 0.4) is 0 Å². The molecule has 204 valence electrons. The number of aliphatic carboxylic acids is 1. The van der Waals surface area contributed by atoms with Gasteiger partial charge in [0.15, 0.2) is 11.5 Å². The van der Waals surface area contributed by atoms with Gasteiger partial charge in [0.2, 0.25) is 12.7 Å². The van der Waals surface area contributed by atoms with Crippen molar-refractivity contribution in [1.82, 2.24) is 10.2 Å². The summed E-state index contributed by atoms with van der Waals surface area (Å²) >= 11 is 0. The van der Waals surface area contributed by atoms with Crippen LogP contribution in [0.25, 0.3) is 0 Å². The van der Waals surface area contributed by atoms with Gasteiger partial charge in [-0.25, -0.2) is 0 Å². The minimum atomic E-state index is -0.911. The molecule has 3 aromatic rings. The number of carboxylic acids is 1. The number of fused-ring (bicyclic) bond motifs is 1. The standard InChI is InChI=1S/C31H34N2O6/c1-19(2)29(20-7-5-4-6-8-20)32-27(34)17-33-16-24(22-11-14-25-26(15-22)39-18-38-25)28(31(35)36)30(33)21-9-12-23(37-3)13-10-21/h4-15,19,24,28-30H,16-18H2,1-3H3,(H,32,34)(H,35,36)/t24-,28-,29?,30+/m0/s1. The molecule has 3 aromatic carbocycles. The maximum absolute atomic E-state index is 13.5. The Kier molecular flexibility index (Phi) is 7.74. The molecule has 0 bridgehead atoms. The van der Waals surface area contributed by atoms with Crippen molar-refractivity contribution < 1.29 is 28.9 Å². The molecule has 0 saturated carbocycles. The first-order valence-electron chi connectivity index (χ1n) is 13.2. The Balaban J connectivity index is 1.46. The molecule has 2 aliphatic heterocycles. The van der Waals surface area contributed by atoms with Crippen molar-refractivity contribution in [2.45, 2.75) is 31.8 Å². The largest absolute Gasteiger partial charge is 0.497 e. The van der Waals surface area contributed by atoms with Crippen molar-refractivity contribution in [1.29, 1.82) is 0 Å². The SMILES string of the molecule is COc1ccc([C@@H]2[C@@H](C(=O)O)[C@H](c3ccc4c(c3)OCO4)CN2CC(=O)NC(c2ccccc2)C(C)C)cc1.